The van der Waals surface area contributed by atoms with Crippen LogP contribution in [0.1, 0.15) is 26.2 Å². The molecule has 0 aliphatic carbocycles. The number of carboxylic acid groups (broad SMARTS) is 1. The van der Waals surface area contributed by atoms with Gasteiger partial charge in [-0.15, -0.1) is 11.8 Å². The minimum absolute atomic E-state index is 0.174. The van der Waals surface area contributed by atoms with Gasteiger partial charge in [0.05, 0.1) is 17.6 Å². The van der Waals surface area contributed by atoms with Crippen LogP contribution in [-0.2, 0) is 9.59 Å². The summed E-state index contributed by atoms with van der Waals surface area (Å²) in [6.07, 6.45) is 1.68. The Labute approximate surface area is 105 Å². The monoisotopic (exact) mass is 256 g/mol. The molecule has 1 heterocycles. The van der Waals surface area contributed by atoms with Crippen molar-refractivity contribution in [2.45, 2.75) is 31.7 Å². The third-order valence-corrected chi connectivity index (χ3v) is 3.95. The van der Waals surface area contributed by atoms with Crippen molar-refractivity contribution in [2.24, 2.45) is 0 Å². The van der Waals surface area contributed by atoms with Gasteiger partial charge < -0.3 is 10.0 Å². The molecule has 1 saturated heterocycles. The number of carbonyl (C=O) groups excluding carboxylic acids is 1. The Bertz CT molecular complexity index is 353. The van der Waals surface area contributed by atoms with Crippen molar-refractivity contribution >= 4 is 23.6 Å². The van der Waals surface area contributed by atoms with E-state index in [9.17, 15) is 14.7 Å². The van der Waals surface area contributed by atoms with E-state index in [0.717, 1.165) is 6.42 Å². The Morgan fingerprint density at radius 3 is 2.82 bits per heavy atom. The first-order valence-electron chi connectivity index (χ1n) is 5.57. The Balaban J connectivity index is 2.71. The van der Waals surface area contributed by atoms with Crippen LogP contribution in [0.25, 0.3) is 0 Å². The summed E-state index contributed by atoms with van der Waals surface area (Å²) < 4.78 is 0. The standard InChI is InChI=1S/C11H16N2O3S/c1-2-11(10(15)16)4-3-6-13(11)9(14)8-17-7-5-12/h2-4,6-8H2,1H3,(H,15,16). The molecular formula is C11H16N2O3S. The van der Waals surface area contributed by atoms with Gasteiger partial charge in [0.25, 0.3) is 0 Å². The van der Waals surface area contributed by atoms with Gasteiger partial charge in [-0.1, -0.05) is 6.92 Å². The molecule has 17 heavy (non-hydrogen) atoms. The molecular weight excluding hydrogens is 240 g/mol. The van der Waals surface area contributed by atoms with Crippen molar-refractivity contribution < 1.29 is 14.7 Å². The molecule has 1 fully saturated rings. The number of carbonyl (C=O) groups is 2. The second kappa shape index (κ2) is 5.92. The Morgan fingerprint density at radius 1 is 1.59 bits per heavy atom. The number of likely N-dealkylation sites (tertiary alicyclic amines) is 1. The highest BCUT2D eigenvalue weighted by molar-refractivity contribution is 8.00. The van der Waals surface area contributed by atoms with Crippen LogP contribution in [0, 0.1) is 11.3 Å². The second-order valence-electron chi connectivity index (χ2n) is 3.99. The molecule has 0 spiro atoms. The van der Waals surface area contributed by atoms with Gasteiger partial charge in [-0.25, -0.2) is 4.79 Å². The van der Waals surface area contributed by atoms with Crippen LogP contribution < -0.4 is 0 Å². The van der Waals surface area contributed by atoms with Crippen LogP contribution in [0.2, 0.25) is 0 Å². The first-order chi connectivity index (χ1) is 8.08. The van der Waals surface area contributed by atoms with Gasteiger partial charge in [0.1, 0.15) is 5.54 Å². The zero-order chi connectivity index (χ0) is 12.9. The van der Waals surface area contributed by atoms with Crippen LogP contribution in [0.3, 0.4) is 0 Å². The normalized spacial score (nSPS) is 23.4. The maximum atomic E-state index is 11.9. The molecule has 1 rings (SSSR count). The quantitative estimate of drug-likeness (QED) is 0.745. The third-order valence-electron chi connectivity index (χ3n) is 3.16. The molecule has 6 heteroatoms. The summed E-state index contributed by atoms with van der Waals surface area (Å²) in [5.74, 6) is -0.655. The van der Waals surface area contributed by atoms with Gasteiger partial charge in [-0.2, -0.15) is 5.26 Å². The third kappa shape index (κ3) is 2.72. The summed E-state index contributed by atoms with van der Waals surface area (Å²) in [5, 5.41) is 17.7. The summed E-state index contributed by atoms with van der Waals surface area (Å²) in [6, 6.07) is 1.95. The average Bonchev–Trinajstić information content (AvgIpc) is 2.74. The van der Waals surface area contributed by atoms with Crippen LogP contribution in [0.5, 0.6) is 0 Å². The van der Waals surface area contributed by atoms with Crippen molar-refractivity contribution in [3.05, 3.63) is 0 Å². The van der Waals surface area contributed by atoms with Gasteiger partial charge in [0.15, 0.2) is 0 Å². The van der Waals surface area contributed by atoms with Crippen molar-refractivity contribution in [3.8, 4) is 6.07 Å². The summed E-state index contributed by atoms with van der Waals surface area (Å²) in [6.45, 7) is 2.30. The summed E-state index contributed by atoms with van der Waals surface area (Å²) >= 11 is 1.23. The zero-order valence-corrected chi connectivity index (χ0v) is 10.6. The predicted molar refractivity (Wildman–Crippen MR) is 64.5 cm³/mol. The van der Waals surface area contributed by atoms with E-state index >= 15 is 0 Å². The fourth-order valence-electron chi connectivity index (χ4n) is 2.25. The lowest BCUT2D eigenvalue weighted by Gasteiger charge is -2.33. The maximum absolute atomic E-state index is 11.9. The summed E-state index contributed by atoms with van der Waals surface area (Å²) in [7, 11) is 0. The number of nitriles is 1. The molecule has 5 nitrogen and oxygen atoms in total. The minimum atomic E-state index is -1.02. The van der Waals surface area contributed by atoms with Crippen LogP contribution in [0.15, 0.2) is 0 Å². The number of thioether (sulfide) groups is 1. The number of amides is 1. The Morgan fingerprint density at radius 2 is 2.29 bits per heavy atom. The van der Waals surface area contributed by atoms with Crippen molar-refractivity contribution in [1.82, 2.24) is 4.90 Å². The van der Waals surface area contributed by atoms with E-state index in [2.05, 4.69) is 0 Å². The highest BCUT2D eigenvalue weighted by Gasteiger charge is 2.48. The Kier molecular flexibility index (Phi) is 4.82. The molecule has 1 aliphatic heterocycles. The molecule has 0 radical (unpaired) electrons. The SMILES string of the molecule is CCC1(C(=O)O)CCCN1C(=O)CSCC#N. The molecule has 0 aromatic rings. The van der Waals surface area contributed by atoms with Crippen LogP contribution >= 0.6 is 11.8 Å². The predicted octanol–water partition coefficient (Wildman–Crippen LogP) is 1.10. The maximum Gasteiger partial charge on any atom is 0.329 e. The molecule has 94 valence electrons. The number of nitrogens with zero attached hydrogens (tertiary/aromatic N) is 2. The largest absolute Gasteiger partial charge is 0.479 e. The van der Waals surface area contributed by atoms with Crippen molar-refractivity contribution in [1.29, 1.82) is 5.26 Å². The smallest absolute Gasteiger partial charge is 0.329 e. The van der Waals surface area contributed by atoms with E-state index in [1.165, 1.54) is 16.7 Å². The fourth-order valence-corrected chi connectivity index (χ4v) is 2.77. The lowest BCUT2D eigenvalue weighted by molar-refractivity contribution is -0.155. The molecule has 1 N–H and O–H groups in total. The van der Waals surface area contributed by atoms with Gasteiger partial charge >= 0.3 is 5.97 Å². The van der Waals surface area contributed by atoms with Gasteiger partial charge in [-0.05, 0) is 19.3 Å². The van der Waals surface area contributed by atoms with Crippen molar-refractivity contribution in [3.63, 3.8) is 0 Å². The molecule has 1 unspecified atom stereocenters. The van der Waals surface area contributed by atoms with Crippen LogP contribution in [0.4, 0.5) is 0 Å². The number of rotatable bonds is 5. The summed E-state index contributed by atoms with van der Waals surface area (Å²) in [4.78, 5) is 24.7. The lowest BCUT2D eigenvalue weighted by atomic mass is 9.93. The number of hydrogen-bond donors (Lipinski definition) is 1. The Hall–Kier alpha value is -1.22. The zero-order valence-electron chi connectivity index (χ0n) is 9.81. The minimum Gasteiger partial charge on any atom is -0.479 e. The van der Waals surface area contributed by atoms with Gasteiger partial charge in [0.2, 0.25) is 5.91 Å². The number of aliphatic carboxylic acids is 1. The number of hydrogen-bond acceptors (Lipinski definition) is 4. The van der Waals surface area contributed by atoms with Gasteiger partial charge in [0, 0.05) is 6.54 Å². The van der Waals surface area contributed by atoms with E-state index in [4.69, 9.17) is 5.26 Å². The highest BCUT2D eigenvalue weighted by Crippen LogP contribution is 2.33. The van der Waals surface area contributed by atoms with E-state index in [1.807, 2.05) is 6.07 Å². The fraction of sp³-hybridized carbons (Fsp3) is 0.727. The topological polar surface area (TPSA) is 81.4 Å². The molecule has 1 amide bonds. The summed E-state index contributed by atoms with van der Waals surface area (Å²) in [5.41, 5.74) is -1.02. The molecule has 0 aromatic carbocycles. The second-order valence-corrected chi connectivity index (χ2v) is 4.98. The highest BCUT2D eigenvalue weighted by atomic mass is 32.2. The van der Waals surface area contributed by atoms with Crippen LogP contribution in [-0.4, -0.2) is 45.5 Å². The first-order valence-corrected chi connectivity index (χ1v) is 6.72. The number of carboxylic acids is 1. The van der Waals surface area contributed by atoms with E-state index < -0.39 is 11.5 Å². The molecule has 1 aliphatic rings. The molecule has 0 saturated carbocycles. The van der Waals surface area contributed by atoms with Gasteiger partial charge in [-0.3, -0.25) is 4.79 Å². The van der Waals surface area contributed by atoms with Crippen molar-refractivity contribution in [2.75, 3.05) is 18.1 Å². The lowest BCUT2D eigenvalue weighted by Crippen LogP contribution is -2.53. The van der Waals surface area contributed by atoms with E-state index in [1.54, 1.807) is 6.92 Å². The van der Waals surface area contributed by atoms with E-state index in [0.29, 0.717) is 19.4 Å². The average molecular weight is 256 g/mol. The van der Waals surface area contributed by atoms with E-state index in [-0.39, 0.29) is 17.4 Å². The molecule has 0 bridgehead atoms. The first kappa shape index (κ1) is 13.8. The molecule has 1 atom stereocenters. The molecule has 0 aromatic heterocycles.